The smallest absolute Gasteiger partial charge is 0.119 e. The molecule has 0 aromatic heterocycles. The minimum atomic E-state index is 0.149. The molecule has 0 N–H and O–H groups in total. The van der Waals surface area contributed by atoms with Crippen LogP contribution in [-0.4, -0.2) is 62.8 Å². The molecular formula is C27H38N2O2. The van der Waals surface area contributed by atoms with Gasteiger partial charge in [0.2, 0.25) is 0 Å². The second-order valence-electron chi connectivity index (χ2n) is 9.33. The summed E-state index contributed by atoms with van der Waals surface area (Å²) in [6.45, 7) is 8.19. The summed E-state index contributed by atoms with van der Waals surface area (Å²) < 4.78 is 11.8. The Morgan fingerprint density at radius 2 is 1.68 bits per heavy atom. The number of hydrogen-bond donors (Lipinski definition) is 0. The summed E-state index contributed by atoms with van der Waals surface area (Å²) in [4.78, 5) is 5.01. The fourth-order valence-electron chi connectivity index (χ4n) is 5.16. The molecular weight excluding hydrogens is 384 g/mol. The zero-order chi connectivity index (χ0) is 21.4. The standard InChI is InChI=1S/C27H38N2O2/c1-28(22-24-8-3-2-4-9-24)23-27(14-20-30-21-15-27)25-10-12-26(13-11-25)31-19-7-18-29-16-5-6-17-29/h2-4,8-13H,5-7,14-23H2,1H3. The first-order valence-corrected chi connectivity index (χ1v) is 12.0. The van der Waals surface area contributed by atoms with E-state index in [4.69, 9.17) is 9.47 Å². The number of hydrogen-bond acceptors (Lipinski definition) is 4. The van der Waals surface area contributed by atoms with Crippen LogP contribution in [0.4, 0.5) is 0 Å². The molecule has 2 aromatic carbocycles. The first-order valence-electron chi connectivity index (χ1n) is 12.0. The first kappa shape index (κ1) is 22.3. The number of nitrogens with zero attached hydrogens (tertiary/aromatic N) is 2. The molecule has 0 aliphatic carbocycles. The van der Waals surface area contributed by atoms with Gasteiger partial charge in [0.15, 0.2) is 0 Å². The largest absolute Gasteiger partial charge is 0.494 e. The van der Waals surface area contributed by atoms with Crippen LogP contribution >= 0.6 is 0 Å². The fraction of sp³-hybridized carbons (Fsp3) is 0.556. The van der Waals surface area contributed by atoms with Crippen LogP contribution < -0.4 is 4.74 Å². The van der Waals surface area contributed by atoms with E-state index in [0.717, 1.165) is 64.5 Å². The zero-order valence-corrected chi connectivity index (χ0v) is 19.1. The van der Waals surface area contributed by atoms with Crippen LogP contribution in [-0.2, 0) is 16.7 Å². The van der Waals surface area contributed by atoms with Crippen molar-refractivity contribution in [3.8, 4) is 5.75 Å². The molecule has 31 heavy (non-hydrogen) atoms. The fourth-order valence-corrected chi connectivity index (χ4v) is 5.16. The molecule has 0 radical (unpaired) electrons. The molecule has 0 bridgehead atoms. The van der Waals surface area contributed by atoms with Crippen molar-refractivity contribution in [1.29, 1.82) is 0 Å². The van der Waals surface area contributed by atoms with Crippen LogP contribution in [0.1, 0.15) is 43.2 Å². The topological polar surface area (TPSA) is 24.9 Å². The van der Waals surface area contributed by atoms with E-state index in [9.17, 15) is 0 Å². The Morgan fingerprint density at radius 3 is 2.39 bits per heavy atom. The lowest BCUT2D eigenvalue weighted by Crippen LogP contribution is -2.43. The van der Waals surface area contributed by atoms with Crippen LogP contribution in [0.25, 0.3) is 0 Å². The second-order valence-corrected chi connectivity index (χ2v) is 9.33. The van der Waals surface area contributed by atoms with Crippen LogP contribution in [0, 0.1) is 0 Å². The Labute approximate surface area is 188 Å². The van der Waals surface area contributed by atoms with Crippen molar-refractivity contribution in [2.45, 2.75) is 44.1 Å². The maximum Gasteiger partial charge on any atom is 0.119 e. The zero-order valence-electron chi connectivity index (χ0n) is 19.1. The number of likely N-dealkylation sites (N-methyl/N-ethyl adjacent to an activating group) is 1. The third-order valence-corrected chi connectivity index (χ3v) is 6.87. The third kappa shape index (κ3) is 6.31. The Hall–Kier alpha value is -1.88. The number of ether oxygens (including phenoxy) is 2. The van der Waals surface area contributed by atoms with Gasteiger partial charge in [-0.3, -0.25) is 0 Å². The van der Waals surface area contributed by atoms with Gasteiger partial charge in [0, 0.05) is 38.3 Å². The van der Waals surface area contributed by atoms with Crippen LogP contribution in [0.15, 0.2) is 54.6 Å². The quantitative estimate of drug-likeness (QED) is 0.517. The maximum atomic E-state index is 6.04. The number of likely N-dealkylation sites (tertiary alicyclic amines) is 1. The molecule has 4 nitrogen and oxygen atoms in total. The van der Waals surface area contributed by atoms with Crippen molar-refractivity contribution in [2.75, 3.05) is 53.0 Å². The van der Waals surface area contributed by atoms with Gasteiger partial charge < -0.3 is 19.3 Å². The van der Waals surface area contributed by atoms with E-state index in [0.29, 0.717) is 0 Å². The molecule has 2 aromatic rings. The van der Waals surface area contributed by atoms with Gasteiger partial charge in [0.25, 0.3) is 0 Å². The highest BCUT2D eigenvalue weighted by Crippen LogP contribution is 2.36. The first-order chi connectivity index (χ1) is 15.2. The van der Waals surface area contributed by atoms with Crippen molar-refractivity contribution < 1.29 is 9.47 Å². The van der Waals surface area contributed by atoms with Crippen LogP contribution in [0.2, 0.25) is 0 Å². The van der Waals surface area contributed by atoms with Gasteiger partial charge in [-0.05, 0) is 75.5 Å². The summed E-state index contributed by atoms with van der Waals surface area (Å²) >= 11 is 0. The lowest BCUT2D eigenvalue weighted by Gasteiger charge is -2.40. The highest BCUT2D eigenvalue weighted by molar-refractivity contribution is 5.33. The molecule has 0 unspecified atom stereocenters. The number of benzene rings is 2. The molecule has 2 aliphatic heterocycles. The predicted molar refractivity (Wildman–Crippen MR) is 127 cm³/mol. The summed E-state index contributed by atoms with van der Waals surface area (Å²) in [5.74, 6) is 0.991. The van der Waals surface area contributed by atoms with Gasteiger partial charge in [-0.25, -0.2) is 0 Å². The molecule has 0 atom stereocenters. The lowest BCUT2D eigenvalue weighted by atomic mass is 9.73. The minimum absolute atomic E-state index is 0.149. The molecule has 0 spiro atoms. The maximum absolute atomic E-state index is 6.04. The van der Waals surface area contributed by atoms with Gasteiger partial charge in [0.1, 0.15) is 5.75 Å². The molecule has 0 amide bonds. The lowest BCUT2D eigenvalue weighted by molar-refractivity contribution is 0.0364. The van der Waals surface area contributed by atoms with E-state index >= 15 is 0 Å². The Morgan fingerprint density at radius 1 is 0.968 bits per heavy atom. The van der Waals surface area contributed by atoms with Crippen molar-refractivity contribution >= 4 is 0 Å². The second kappa shape index (κ2) is 11.1. The molecule has 2 fully saturated rings. The van der Waals surface area contributed by atoms with E-state index in [1.54, 1.807) is 0 Å². The van der Waals surface area contributed by atoms with E-state index in [1.165, 1.54) is 37.1 Å². The summed E-state index contributed by atoms with van der Waals surface area (Å²) in [5, 5.41) is 0. The minimum Gasteiger partial charge on any atom is -0.494 e. The van der Waals surface area contributed by atoms with Gasteiger partial charge >= 0.3 is 0 Å². The van der Waals surface area contributed by atoms with Crippen molar-refractivity contribution in [2.24, 2.45) is 0 Å². The average molecular weight is 423 g/mol. The molecule has 0 saturated carbocycles. The van der Waals surface area contributed by atoms with Gasteiger partial charge in [-0.2, -0.15) is 0 Å². The Balaban J connectivity index is 1.34. The molecule has 2 aliphatic rings. The molecule has 168 valence electrons. The van der Waals surface area contributed by atoms with Crippen molar-refractivity contribution in [1.82, 2.24) is 9.80 Å². The average Bonchev–Trinajstić information content (AvgIpc) is 3.32. The normalized spacial score (nSPS) is 19.0. The Kier molecular flexibility index (Phi) is 8.01. The van der Waals surface area contributed by atoms with Crippen LogP contribution in [0.3, 0.4) is 0 Å². The number of rotatable bonds is 10. The summed E-state index contributed by atoms with van der Waals surface area (Å²) in [7, 11) is 2.24. The highest BCUT2D eigenvalue weighted by Gasteiger charge is 2.35. The van der Waals surface area contributed by atoms with E-state index < -0.39 is 0 Å². The van der Waals surface area contributed by atoms with E-state index in [1.807, 2.05) is 0 Å². The van der Waals surface area contributed by atoms with E-state index in [2.05, 4.69) is 71.4 Å². The SMILES string of the molecule is CN(Cc1ccccc1)CC1(c2ccc(OCCCN3CCCC3)cc2)CCOCC1. The summed E-state index contributed by atoms with van der Waals surface area (Å²) in [6, 6.07) is 19.7. The van der Waals surface area contributed by atoms with Gasteiger partial charge in [-0.1, -0.05) is 42.5 Å². The molecule has 2 heterocycles. The molecule has 2 saturated heterocycles. The monoisotopic (exact) mass is 422 g/mol. The highest BCUT2D eigenvalue weighted by atomic mass is 16.5. The van der Waals surface area contributed by atoms with Crippen molar-refractivity contribution in [3.05, 3.63) is 65.7 Å². The predicted octanol–water partition coefficient (Wildman–Crippen LogP) is 4.73. The van der Waals surface area contributed by atoms with E-state index in [-0.39, 0.29) is 5.41 Å². The molecule has 4 rings (SSSR count). The Bertz CT molecular complexity index is 766. The third-order valence-electron chi connectivity index (χ3n) is 6.87. The van der Waals surface area contributed by atoms with Gasteiger partial charge in [-0.15, -0.1) is 0 Å². The summed E-state index contributed by atoms with van der Waals surface area (Å²) in [5.41, 5.74) is 2.93. The molecule has 4 heteroatoms. The van der Waals surface area contributed by atoms with Crippen molar-refractivity contribution in [3.63, 3.8) is 0 Å². The summed E-state index contributed by atoms with van der Waals surface area (Å²) in [6.07, 6.45) is 5.96. The van der Waals surface area contributed by atoms with Crippen LogP contribution in [0.5, 0.6) is 5.75 Å². The van der Waals surface area contributed by atoms with Gasteiger partial charge in [0.05, 0.1) is 6.61 Å².